The maximum absolute atomic E-state index is 13.1. The Labute approximate surface area is 166 Å². The summed E-state index contributed by atoms with van der Waals surface area (Å²) in [6.45, 7) is 0. The summed E-state index contributed by atoms with van der Waals surface area (Å²) in [7, 11) is 1.64. The van der Waals surface area contributed by atoms with E-state index in [-0.39, 0.29) is 11.7 Å². The lowest BCUT2D eigenvalue weighted by molar-refractivity contribution is 0.0988. The zero-order chi connectivity index (χ0) is 20.5. The number of amides is 2. The van der Waals surface area contributed by atoms with Crippen molar-refractivity contribution in [1.29, 1.82) is 0 Å². The topological polar surface area (TPSA) is 80.7 Å². The van der Waals surface area contributed by atoms with Crippen LogP contribution >= 0.6 is 0 Å². The van der Waals surface area contributed by atoms with Crippen LogP contribution in [0.5, 0.6) is 0 Å². The molecule has 0 atom stereocenters. The number of carbonyl (C=O) groups excluding carboxylic acids is 2. The summed E-state index contributed by atoms with van der Waals surface area (Å²) in [5.41, 5.74) is 9.19. The third-order valence-corrected chi connectivity index (χ3v) is 4.77. The molecule has 0 radical (unpaired) electrons. The molecule has 2 aromatic heterocycles. The van der Waals surface area contributed by atoms with Crippen LogP contribution in [0.1, 0.15) is 20.7 Å². The van der Waals surface area contributed by atoms with Gasteiger partial charge in [0.25, 0.3) is 5.91 Å². The van der Waals surface area contributed by atoms with Crippen LogP contribution in [0.4, 0.5) is 10.1 Å². The Morgan fingerprint density at radius 2 is 1.69 bits per heavy atom. The number of halogens is 1. The molecule has 4 rings (SSSR count). The third-order valence-electron chi connectivity index (χ3n) is 4.77. The number of anilines is 1. The Hall–Kier alpha value is -4.00. The fourth-order valence-electron chi connectivity index (χ4n) is 3.13. The molecule has 2 aromatic carbocycles. The number of benzene rings is 2. The van der Waals surface area contributed by atoms with Gasteiger partial charge >= 0.3 is 0 Å². The van der Waals surface area contributed by atoms with Crippen LogP contribution in [0.3, 0.4) is 0 Å². The Morgan fingerprint density at radius 1 is 1.00 bits per heavy atom. The normalized spacial score (nSPS) is 10.8. The average Bonchev–Trinajstić information content (AvgIpc) is 3.16. The first kappa shape index (κ1) is 18.4. The first-order valence-corrected chi connectivity index (χ1v) is 8.85. The van der Waals surface area contributed by atoms with Crippen LogP contribution in [-0.2, 0) is 0 Å². The number of rotatable bonds is 4. The van der Waals surface area contributed by atoms with Crippen molar-refractivity contribution in [1.82, 2.24) is 9.61 Å². The number of aromatic nitrogens is 2. The Balaban J connectivity index is 1.70. The molecular weight excluding hydrogens is 371 g/mol. The molecule has 6 nitrogen and oxygen atoms in total. The van der Waals surface area contributed by atoms with E-state index < -0.39 is 5.91 Å². The van der Waals surface area contributed by atoms with Crippen LogP contribution in [0, 0.1) is 5.82 Å². The quantitative estimate of drug-likeness (QED) is 0.581. The number of primary amides is 1. The summed E-state index contributed by atoms with van der Waals surface area (Å²) in [4.78, 5) is 25.6. The standard InChI is InChI=1S/C22H17FN4O2/c1-26(18-8-6-17(23)7-9-18)22(29)16-10-11-27-20(12-16)19(13-25-27)14-2-4-15(5-3-14)21(24)28/h2-13H,1H3,(H2,24,28). The molecule has 0 fully saturated rings. The number of fused-ring (bicyclic) bond motifs is 1. The highest BCUT2D eigenvalue weighted by atomic mass is 19.1. The molecule has 0 saturated carbocycles. The Morgan fingerprint density at radius 3 is 2.34 bits per heavy atom. The highest BCUT2D eigenvalue weighted by molar-refractivity contribution is 6.06. The van der Waals surface area contributed by atoms with Gasteiger partial charge in [0, 0.05) is 35.6 Å². The van der Waals surface area contributed by atoms with E-state index in [1.54, 1.807) is 72.5 Å². The molecule has 0 bridgehead atoms. The van der Waals surface area contributed by atoms with E-state index in [1.165, 1.54) is 17.0 Å². The van der Waals surface area contributed by atoms with Crippen molar-refractivity contribution in [3.05, 3.63) is 90.0 Å². The van der Waals surface area contributed by atoms with Gasteiger partial charge in [0.1, 0.15) is 5.82 Å². The average molecular weight is 388 g/mol. The van der Waals surface area contributed by atoms with Gasteiger partial charge in [-0.1, -0.05) is 12.1 Å². The van der Waals surface area contributed by atoms with Crippen LogP contribution < -0.4 is 10.6 Å². The summed E-state index contributed by atoms with van der Waals surface area (Å²) in [5.74, 6) is -1.08. The maximum atomic E-state index is 13.1. The van der Waals surface area contributed by atoms with Gasteiger partial charge in [-0.05, 0) is 54.1 Å². The van der Waals surface area contributed by atoms with E-state index in [9.17, 15) is 14.0 Å². The summed E-state index contributed by atoms with van der Waals surface area (Å²) < 4.78 is 14.8. The molecule has 2 amide bonds. The molecule has 0 unspecified atom stereocenters. The van der Waals surface area contributed by atoms with Gasteiger partial charge in [-0.3, -0.25) is 9.59 Å². The molecule has 2 N–H and O–H groups in total. The van der Waals surface area contributed by atoms with Crippen LogP contribution in [-0.4, -0.2) is 28.5 Å². The minimum Gasteiger partial charge on any atom is -0.366 e. The van der Waals surface area contributed by atoms with Crippen molar-refractivity contribution in [3.8, 4) is 11.1 Å². The molecule has 4 aromatic rings. The zero-order valence-electron chi connectivity index (χ0n) is 15.5. The van der Waals surface area contributed by atoms with Crippen molar-refractivity contribution < 1.29 is 14.0 Å². The highest BCUT2D eigenvalue weighted by Gasteiger charge is 2.16. The molecule has 7 heteroatoms. The molecular formula is C22H17FN4O2. The monoisotopic (exact) mass is 388 g/mol. The van der Waals surface area contributed by atoms with Gasteiger partial charge in [-0.2, -0.15) is 5.10 Å². The van der Waals surface area contributed by atoms with E-state index in [1.807, 2.05) is 0 Å². The highest BCUT2D eigenvalue weighted by Crippen LogP contribution is 2.26. The molecule has 0 aliphatic carbocycles. The van der Waals surface area contributed by atoms with Crippen LogP contribution in [0.2, 0.25) is 0 Å². The first-order chi connectivity index (χ1) is 13.9. The smallest absolute Gasteiger partial charge is 0.258 e. The van der Waals surface area contributed by atoms with Crippen molar-refractivity contribution in [2.45, 2.75) is 0 Å². The number of carbonyl (C=O) groups is 2. The molecule has 144 valence electrons. The fraction of sp³-hybridized carbons (Fsp3) is 0.0455. The second-order valence-electron chi connectivity index (χ2n) is 6.59. The minimum absolute atomic E-state index is 0.227. The van der Waals surface area contributed by atoms with Crippen LogP contribution in [0.25, 0.3) is 16.6 Å². The molecule has 29 heavy (non-hydrogen) atoms. The van der Waals surface area contributed by atoms with E-state index in [4.69, 9.17) is 5.73 Å². The molecule has 0 saturated heterocycles. The molecule has 0 aliphatic rings. The van der Waals surface area contributed by atoms with Gasteiger partial charge in [0.15, 0.2) is 0 Å². The second kappa shape index (κ2) is 7.20. The van der Waals surface area contributed by atoms with E-state index in [2.05, 4.69) is 5.10 Å². The Kier molecular flexibility index (Phi) is 4.56. The molecule has 2 heterocycles. The van der Waals surface area contributed by atoms with Gasteiger partial charge in [0.2, 0.25) is 5.91 Å². The lowest BCUT2D eigenvalue weighted by atomic mass is 10.0. The number of nitrogens with two attached hydrogens (primary N) is 1. The predicted octanol–water partition coefficient (Wildman–Crippen LogP) is 3.52. The SMILES string of the molecule is CN(C(=O)c1ccn2ncc(-c3ccc(C(N)=O)cc3)c2c1)c1ccc(F)cc1. The number of hydrogen-bond donors (Lipinski definition) is 1. The van der Waals surface area contributed by atoms with Crippen molar-refractivity contribution >= 4 is 23.0 Å². The van der Waals surface area contributed by atoms with Crippen molar-refractivity contribution in [2.24, 2.45) is 5.73 Å². The van der Waals surface area contributed by atoms with Gasteiger partial charge in [0.05, 0.1) is 11.7 Å². The predicted molar refractivity (Wildman–Crippen MR) is 108 cm³/mol. The maximum Gasteiger partial charge on any atom is 0.258 e. The fourth-order valence-corrected chi connectivity index (χ4v) is 3.13. The second-order valence-corrected chi connectivity index (χ2v) is 6.59. The van der Waals surface area contributed by atoms with E-state index in [0.29, 0.717) is 16.8 Å². The van der Waals surface area contributed by atoms with Gasteiger partial charge in [-0.25, -0.2) is 8.91 Å². The lowest BCUT2D eigenvalue weighted by Crippen LogP contribution is -2.26. The molecule has 0 aliphatic heterocycles. The summed E-state index contributed by atoms with van der Waals surface area (Å²) in [5, 5.41) is 4.32. The van der Waals surface area contributed by atoms with Crippen LogP contribution in [0.15, 0.2) is 73.1 Å². The number of nitrogens with zero attached hydrogens (tertiary/aromatic N) is 3. The van der Waals surface area contributed by atoms with Crippen molar-refractivity contribution in [3.63, 3.8) is 0 Å². The van der Waals surface area contributed by atoms with E-state index >= 15 is 0 Å². The lowest BCUT2D eigenvalue weighted by Gasteiger charge is -2.17. The van der Waals surface area contributed by atoms with E-state index in [0.717, 1.165) is 16.6 Å². The largest absolute Gasteiger partial charge is 0.366 e. The number of hydrogen-bond acceptors (Lipinski definition) is 3. The van der Waals surface area contributed by atoms with Gasteiger partial charge in [-0.15, -0.1) is 0 Å². The number of pyridine rings is 1. The Bertz CT molecular complexity index is 1210. The summed E-state index contributed by atoms with van der Waals surface area (Å²) in [6.07, 6.45) is 3.41. The minimum atomic E-state index is -0.492. The van der Waals surface area contributed by atoms with Gasteiger partial charge < -0.3 is 10.6 Å². The summed E-state index contributed by atoms with van der Waals surface area (Å²) >= 11 is 0. The molecule has 0 spiro atoms. The van der Waals surface area contributed by atoms with Crippen molar-refractivity contribution in [2.75, 3.05) is 11.9 Å². The first-order valence-electron chi connectivity index (χ1n) is 8.85. The third kappa shape index (κ3) is 3.45. The summed E-state index contributed by atoms with van der Waals surface area (Å²) in [6, 6.07) is 16.0. The zero-order valence-corrected chi connectivity index (χ0v) is 15.5.